The Morgan fingerprint density at radius 1 is 1.56 bits per heavy atom. The minimum Gasteiger partial charge on any atom is -0.396 e. The molecule has 1 fully saturated rings. The van der Waals surface area contributed by atoms with Gasteiger partial charge in [-0.25, -0.2) is 8.42 Å². The van der Waals surface area contributed by atoms with Crippen LogP contribution in [0, 0.1) is 5.92 Å². The van der Waals surface area contributed by atoms with Crippen molar-refractivity contribution in [2.75, 3.05) is 19.7 Å². The van der Waals surface area contributed by atoms with Gasteiger partial charge in [0.15, 0.2) is 0 Å². The van der Waals surface area contributed by atoms with Crippen LogP contribution in [0.1, 0.15) is 12.8 Å². The van der Waals surface area contributed by atoms with Crippen molar-refractivity contribution in [1.82, 2.24) is 9.29 Å². The molecule has 100 valence electrons. The first kappa shape index (κ1) is 13.7. The molecule has 0 saturated carbocycles. The molecule has 7 heteroatoms. The number of sulfonamides is 1. The second kappa shape index (κ2) is 5.52. The van der Waals surface area contributed by atoms with Crippen molar-refractivity contribution in [2.24, 2.45) is 5.92 Å². The molecule has 1 aliphatic heterocycles. The van der Waals surface area contributed by atoms with Crippen molar-refractivity contribution in [3.63, 3.8) is 0 Å². The van der Waals surface area contributed by atoms with E-state index in [0.29, 0.717) is 13.1 Å². The summed E-state index contributed by atoms with van der Waals surface area (Å²) in [5, 5.41) is 9.32. The molecule has 18 heavy (non-hydrogen) atoms. The first-order valence-corrected chi connectivity index (χ1v) is 7.58. The quantitative estimate of drug-likeness (QED) is 0.906. The molecule has 1 N–H and O–H groups in total. The summed E-state index contributed by atoms with van der Waals surface area (Å²) >= 11 is 5.90. The van der Waals surface area contributed by atoms with Gasteiger partial charge in [-0.1, -0.05) is 11.6 Å². The van der Waals surface area contributed by atoms with Gasteiger partial charge < -0.3 is 5.11 Å². The summed E-state index contributed by atoms with van der Waals surface area (Å²) in [6.07, 6.45) is 4.32. The Morgan fingerprint density at radius 2 is 2.33 bits per heavy atom. The largest absolute Gasteiger partial charge is 0.396 e. The molecule has 1 unspecified atom stereocenters. The van der Waals surface area contributed by atoms with Gasteiger partial charge in [0.1, 0.15) is 4.90 Å². The fourth-order valence-corrected chi connectivity index (χ4v) is 4.05. The molecule has 2 heterocycles. The van der Waals surface area contributed by atoms with Crippen molar-refractivity contribution in [3.8, 4) is 0 Å². The van der Waals surface area contributed by atoms with Gasteiger partial charge in [-0.05, 0) is 24.8 Å². The Labute approximate surface area is 111 Å². The van der Waals surface area contributed by atoms with E-state index in [1.165, 1.54) is 22.8 Å². The van der Waals surface area contributed by atoms with Crippen molar-refractivity contribution in [3.05, 3.63) is 23.5 Å². The predicted molar refractivity (Wildman–Crippen MR) is 67.8 cm³/mol. The zero-order valence-electron chi connectivity index (χ0n) is 9.79. The number of aromatic nitrogens is 1. The van der Waals surface area contributed by atoms with E-state index in [4.69, 9.17) is 16.7 Å². The molecule has 0 aromatic carbocycles. The number of rotatable bonds is 3. The molecular weight excluding hydrogens is 276 g/mol. The van der Waals surface area contributed by atoms with E-state index in [-0.39, 0.29) is 22.4 Å². The Bertz CT molecular complexity index is 521. The van der Waals surface area contributed by atoms with Crippen molar-refractivity contribution in [2.45, 2.75) is 17.7 Å². The lowest BCUT2D eigenvalue weighted by atomic mass is 10.0. The predicted octanol–water partition coefficient (Wildman–Crippen LogP) is 1.13. The molecular formula is C11H15ClN2O3S. The SMILES string of the molecule is O=S(=O)(c1cnccc1Cl)N1CCCC(CO)C1. The average Bonchev–Trinajstić information content (AvgIpc) is 2.39. The van der Waals surface area contributed by atoms with Crippen LogP contribution in [0.2, 0.25) is 5.02 Å². The molecule has 0 radical (unpaired) electrons. The van der Waals surface area contributed by atoms with Crippen LogP contribution in [0.5, 0.6) is 0 Å². The number of aliphatic hydroxyl groups excluding tert-OH is 1. The van der Waals surface area contributed by atoms with Crippen LogP contribution in [0.15, 0.2) is 23.4 Å². The van der Waals surface area contributed by atoms with Gasteiger partial charge in [0.2, 0.25) is 10.0 Å². The Balaban J connectivity index is 2.29. The van der Waals surface area contributed by atoms with Gasteiger partial charge in [0.25, 0.3) is 0 Å². The van der Waals surface area contributed by atoms with Crippen molar-refractivity contribution < 1.29 is 13.5 Å². The summed E-state index contributed by atoms with van der Waals surface area (Å²) in [6, 6.07) is 1.46. The van der Waals surface area contributed by atoms with Gasteiger partial charge in [-0.15, -0.1) is 0 Å². The molecule has 1 atom stereocenters. The summed E-state index contributed by atoms with van der Waals surface area (Å²) in [6.45, 7) is 0.806. The van der Waals surface area contributed by atoms with Gasteiger partial charge in [0, 0.05) is 32.1 Å². The zero-order chi connectivity index (χ0) is 13.2. The number of pyridine rings is 1. The Morgan fingerprint density at radius 3 is 3.00 bits per heavy atom. The maximum Gasteiger partial charge on any atom is 0.246 e. The Kier molecular flexibility index (Phi) is 4.21. The second-order valence-corrected chi connectivity index (χ2v) is 6.67. The topological polar surface area (TPSA) is 70.5 Å². The normalized spacial score (nSPS) is 22.0. The summed E-state index contributed by atoms with van der Waals surface area (Å²) in [7, 11) is -3.61. The summed E-state index contributed by atoms with van der Waals surface area (Å²) in [5.74, 6) is 0.00368. The standard InChI is InChI=1S/C11H15ClN2O3S/c12-10-3-4-13-6-11(10)18(16,17)14-5-1-2-9(7-14)8-15/h3-4,6,9,15H,1-2,5,7-8H2. The molecule has 0 spiro atoms. The molecule has 1 aromatic rings. The number of nitrogens with zero attached hydrogens (tertiary/aromatic N) is 2. The number of hydrogen-bond donors (Lipinski definition) is 1. The van der Waals surface area contributed by atoms with Gasteiger partial charge in [-0.2, -0.15) is 4.31 Å². The second-order valence-electron chi connectivity index (χ2n) is 4.36. The van der Waals surface area contributed by atoms with Crippen molar-refractivity contribution >= 4 is 21.6 Å². The summed E-state index contributed by atoms with van der Waals surface area (Å²) < 4.78 is 26.2. The molecule has 0 bridgehead atoms. The van der Waals surface area contributed by atoms with E-state index >= 15 is 0 Å². The molecule has 5 nitrogen and oxygen atoms in total. The lowest BCUT2D eigenvalue weighted by Crippen LogP contribution is -2.41. The number of halogens is 1. The summed E-state index contributed by atoms with van der Waals surface area (Å²) in [4.78, 5) is 3.84. The third-order valence-electron chi connectivity index (χ3n) is 3.09. The molecule has 0 aliphatic carbocycles. The van der Waals surface area contributed by atoms with Crippen LogP contribution < -0.4 is 0 Å². The highest BCUT2D eigenvalue weighted by Crippen LogP contribution is 2.27. The summed E-state index contributed by atoms with van der Waals surface area (Å²) in [5.41, 5.74) is 0. The lowest BCUT2D eigenvalue weighted by molar-refractivity contribution is 0.165. The molecule has 0 amide bonds. The maximum atomic E-state index is 12.4. The first-order valence-electron chi connectivity index (χ1n) is 5.76. The van der Waals surface area contributed by atoms with Gasteiger partial charge >= 0.3 is 0 Å². The highest BCUT2D eigenvalue weighted by atomic mass is 35.5. The molecule has 1 saturated heterocycles. The van der Waals surface area contributed by atoms with E-state index in [1.54, 1.807) is 0 Å². The molecule has 1 aromatic heterocycles. The smallest absolute Gasteiger partial charge is 0.246 e. The van der Waals surface area contributed by atoms with Crippen LogP contribution in [0.4, 0.5) is 0 Å². The minimum absolute atomic E-state index is 0.00368. The van der Waals surface area contributed by atoms with E-state index in [0.717, 1.165) is 12.8 Å². The van der Waals surface area contributed by atoms with E-state index in [9.17, 15) is 8.42 Å². The fraction of sp³-hybridized carbons (Fsp3) is 0.545. The van der Waals surface area contributed by atoms with E-state index in [2.05, 4.69) is 4.98 Å². The number of aliphatic hydroxyl groups is 1. The zero-order valence-corrected chi connectivity index (χ0v) is 11.4. The average molecular weight is 291 g/mol. The minimum atomic E-state index is -3.61. The monoisotopic (exact) mass is 290 g/mol. The van der Waals surface area contributed by atoms with Crippen LogP contribution >= 0.6 is 11.6 Å². The third kappa shape index (κ3) is 2.66. The number of hydrogen-bond acceptors (Lipinski definition) is 4. The van der Waals surface area contributed by atoms with Gasteiger partial charge in [0.05, 0.1) is 5.02 Å². The van der Waals surface area contributed by atoms with E-state index < -0.39 is 10.0 Å². The van der Waals surface area contributed by atoms with Crippen LogP contribution in [0.3, 0.4) is 0 Å². The molecule has 1 aliphatic rings. The fourth-order valence-electron chi connectivity index (χ4n) is 2.09. The van der Waals surface area contributed by atoms with E-state index in [1.807, 2.05) is 0 Å². The Hall–Kier alpha value is -0.690. The van der Waals surface area contributed by atoms with Crippen LogP contribution in [-0.4, -0.2) is 42.5 Å². The highest BCUT2D eigenvalue weighted by molar-refractivity contribution is 7.89. The lowest BCUT2D eigenvalue weighted by Gasteiger charge is -2.31. The first-order chi connectivity index (χ1) is 8.55. The number of piperidine rings is 1. The highest BCUT2D eigenvalue weighted by Gasteiger charge is 2.31. The van der Waals surface area contributed by atoms with Gasteiger partial charge in [-0.3, -0.25) is 4.98 Å². The van der Waals surface area contributed by atoms with Crippen molar-refractivity contribution in [1.29, 1.82) is 0 Å². The molecule has 2 rings (SSSR count). The third-order valence-corrected chi connectivity index (χ3v) is 5.43. The maximum absolute atomic E-state index is 12.4. The van der Waals surface area contributed by atoms with Crippen LogP contribution in [0.25, 0.3) is 0 Å². The van der Waals surface area contributed by atoms with Crippen LogP contribution in [-0.2, 0) is 10.0 Å².